The first-order valence-corrected chi connectivity index (χ1v) is 7.78. The lowest BCUT2D eigenvalue weighted by Crippen LogP contribution is -2.10. The van der Waals surface area contributed by atoms with E-state index in [0.717, 1.165) is 20.1 Å². The molecule has 0 amide bonds. The number of aryl methyl sites for hydroxylation is 2. The van der Waals surface area contributed by atoms with E-state index in [1.807, 2.05) is 0 Å². The molecule has 20 heavy (non-hydrogen) atoms. The molecule has 0 fully saturated rings. The summed E-state index contributed by atoms with van der Waals surface area (Å²) in [4.78, 5) is 12.2. The topological polar surface area (TPSA) is 63.8 Å². The highest BCUT2D eigenvalue weighted by molar-refractivity contribution is 7.99. The van der Waals surface area contributed by atoms with Crippen molar-refractivity contribution in [1.29, 1.82) is 0 Å². The zero-order valence-electron chi connectivity index (χ0n) is 11.2. The summed E-state index contributed by atoms with van der Waals surface area (Å²) in [6.07, 6.45) is 0. The molecule has 1 aromatic carbocycles. The number of nitrogens with two attached hydrogens (primary N) is 1. The summed E-state index contributed by atoms with van der Waals surface area (Å²) in [6, 6.07) is 10.5. The van der Waals surface area contributed by atoms with Gasteiger partial charge < -0.3 is 0 Å². The van der Waals surface area contributed by atoms with E-state index in [-0.39, 0.29) is 0 Å². The monoisotopic (exact) mass is 302 g/mol. The highest BCUT2D eigenvalue weighted by Crippen LogP contribution is 2.35. The van der Waals surface area contributed by atoms with Crippen LogP contribution in [0.2, 0.25) is 0 Å². The summed E-state index contributed by atoms with van der Waals surface area (Å²) in [5.74, 6) is 5.90. The predicted octanol–water partition coefficient (Wildman–Crippen LogP) is 3.74. The third kappa shape index (κ3) is 2.63. The number of anilines is 1. The van der Waals surface area contributed by atoms with Crippen molar-refractivity contribution in [2.24, 2.45) is 5.84 Å². The molecule has 102 valence electrons. The summed E-state index contributed by atoms with van der Waals surface area (Å²) in [5.41, 5.74) is 3.78. The van der Waals surface area contributed by atoms with Gasteiger partial charge in [0.25, 0.3) is 0 Å². The first kappa shape index (κ1) is 13.4. The number of fused-ring (bicyclic) bond motifs is 1. The van der Waals surface area contributed by atoms with E-state index in [1.54, 1.807) is 23.1 Å². The molecule has 0 unspecified atom stereocenters. The molecule has 0 aliphatic heterocycles. The lowest BCUT2D eigenvalue weighted by molar-refractivity contribution is 1.08. The molecular weight excluding hydrogens is 288 g/mol. The van der Waals surface area contributed by atoms with Gasteiger partial charge in [-0.25, -0.2) is 15.8 Å². The Bertz CT molecular complexity index is 750. The summed E-state index contributed by atoms with van der Waals surface area (Å²) in [6.45, 7) is 4.15. The minimum atomic E-state index is 0.453. The Balaban J connectivity index is 2.06. The standard InChI is InChI=1S/C14H14N4S2/c1-8-3-5-10(6-4-8)20-13-11-7-9(2)19-12(11)16-14(17-13)18-15/h3-7H,15H2,1-2H3,(H,16,17,18). The zero-order chi connectivity index (χ0) is 14.1. The molecule has 0 spiro atoms. The number of hydrogen-bond donors (Lipinski definition) is 2. The van der Waals surface area contributed by atoms with Gasteiger partial charge in [0, 0.05) is 15.2 Å². The zero-order valence-corrected chi connectivity index (χ0v) is 12.8. The van der Waals surface area contributed by atoms with Gasteiger partial charge in [-0.3, -0.25) is 5.43 Å². The molecule has 3 N–H and O–H groups in total. The Labute approximate surface area is 125 Å². The van der Waals surface area contributed by atoms with E-state index in [4.69, 9.17) is 5.84 Å². The number of hydrogen-bond acceptors (Lipinski definition) is 6. The summed E-state index contributed by atoms with van der Waals surface area (Å²) < 4.78 is 0. The Morgan fingerprint density at radius 2 is 1.90 bits per heavy atom. The number of benzene rings is 1. The summed E-state index contributed by atoms with van der Waals surface area (Å²) >= 11 is 3.28. The van der Waals surface area contributed by atoms with Crippen LogP contribution < -0.4 is 11.3 Å². The molecule has 0 saturated heterocycles. The molecular formula is C14H14N4S2. The van der Waals surface area contributed by atoms with Crippen molar-refractivity contribution in [3.05, 3.63) is 40.8 Å². The summed E-state index contributed by atoms with van der Waals surface area (Å²) in [7, 11) is 0. The average Bonchev–Trinajstić information content (AvgIpc) is 2.81. The van der Waals surface area contributed by atoms with Crippen LogP contribution in [0.1, 0.15) is 10.4 Å². The number of aromatic nitrogens is 2. The Kier molecular flexibility index (Phi) is 3.60. The van der Waals surface area contributed by atoms with E-state index in [2.05, 4.69) is 59.6 Å². The van der Waals surface area contributed by atoms with Gasteiger partial charge in [0.1, 0.15) is 9.86 Å². The minimum Gasteiger partial charge on any atom is -0.292 e. The second-order valence-corrected chi connectivity index (χ2v) is 6.78. The Morgan fingerprint density at radius 1 is 1.15 bits per heavy atom. The van der Waals surface area contributed by atoms with Gasteiger partial charge in [-0.05, 0) is 32.0 Å². The second kappa shape index (κ2) is 5.40. The summed E-state index contributed by atoms with van der Waals surface area (Å²) in [5, 5.41) is 2.01. The molecule has 0 radical (unpaired) electrons. The molecule has 0 atom stereocenters. The maximum atomic E-state index is 5.45. The van der Waals surface area contributed by atoms with E-state index in [0.29, 0.717) is 5.95 Å². The minimum absolute atomic E-state index is 0.453. The number of nitrogens with one attached hydrogen (secondary N) is 1. The van der Waals surface area contributed by atoms with Gasteiger partial charge in [-0.1, -0.05) is 29.5 Å². The molecule has 0 saturated carbocycles. The average molecular weight is 302 g/mol. The smallest absolute Gasteiger partial charge is 0.239 e. The number of thiophene rings is 1. The molecule has 3 aromatic rings. The lowest BCUT2D eigenvalue weighted by atomic mass is 10.2. The maximum absolute atomic E-state index is 5.45. The van der Waals surface area contributed by atoms with Gasteiger partial charge in [-0.2, -0.15) is 0 Å². The number of nitrogen functional groups attached to an aromatic ring is 1. The molecule has 3 rings (SSSR count). The molecule has 6 heteroatoms. The second-order valence-electron chi connectivity index (χ2n) is 4.49. The van der Waals surface area contributed by atoms with Gasteiger partial charge >= 0.3 is 0 Å². The van der Waals surface area contributed by atoms with Gasteiger partial charge in [0.05, 0.1) is 0 Å². The number of hydrazine groups is 1. The molecule has 0 aliphatic carbocycles. The first-order chi connectivity index (χ1) is 9.65. The van der Waals surface area contributed by atoms with Crippen LogP contribution >= 0.6 is 23.1 Å². The van der Waals surface area contributed by atoms with Crippen molar-refractivity contribution >= 4 is 39.3 Å². The first-order valence-electron chi connectivity index (χ1n) is 6.15. The molecule has 0 aliphatic rings. The maximum Gasteiger partial charge on any atom is 0.239 e. The Morgan fingerprint density at radius 3 is 2.60 bits per heavy atom. The SMILES string of the molecule is Cc1ccc(Sc2nc(NN)nc3sc(C)cc23)cc1. The highest BCUT2D eigenvalue weighted by Gasteiger charge is 2.11. The normalized spacial score (nSPS) is 10.9. The fraction of sp³-hybridized carbons (Fsp3) is 0.143. The van der Waals surface area contributed by atoms with Crippen LogP contribution in [0.3, 0.4) is 0 Å². The van der Waals surface area contributed by atoms with Crippen LogP contribution in [0, 0.1) is 13.8 Å². The van der Waals surface area contributed by atoms with Crippen molar-refractivity contribution in [3.63, 3.8) is 0 Å². The van der Waals surface area contributed by atoms with Crippen LogP contribution in [0.25, 0.3) is 10.2 Å². The van der Waals surface area contributed by atoms with E-state index < -0.39 is 0 Å². The number of nitrogens with zero attached hydrogens (tertiary/aromatic N) is 2. The molecule has 4 nitrogen and oxygen atoms in total. The highest BCUT2D eigenvalue weighted by atomic mass is 32.2. The largest absolute Gasteiger partial charge is 0.292 e. The van der Waals surface area contributed by atoms with Crippen LogP contribution in [0.4, 0.5) is 5.95 Å². The lowest BCUT2D eigenvalue weighted by Gasteiger charge is -2.05. The third-order valence-corrected chi connectivity index (χ3v) is 4.80. The van der Waals surface area contributed by atoms with Crippen LogP contribution in [0.5, 0.6) is 0 Å². The number of rotatable bonds is 3. The van der Waals surface area contributed by atoms with Gasteiger partial charge in [-0.15, -0.1) is 11.3 Å². The van der Waals surface area contributed by atoms with Crippen LogP contribution in [-0.2, 0) is 0 Å². The Hall–Kier alpha value is -1.63. The van der Waals surface area contributed by atoms with E-state index in [9.17, 15) is 0 Å². The van der Waals surface area contributed by atoms with Crippen LogP contribution in [-0.4, -0.2) is 9.97 Å². The fourth-order valence-corrected chi connectivity index (χ4v) is 3.71. The third-order valence-electron chi connectivity index (χ3n) is 2.85. The van der Waals surface area contributed by atoms with Crippen molar-refractivity contribution < 1.29 is 0 Å². The van der Waals surface area contributed by atoms with Crippen molar-refractivity contribution in [2.45, 2.75) is 23.8 Å². The van der Waals surface area contributed by atoms with E-state index in [1.165, 1.54) is 10.4 Å². The quantitative estimate of drug-likeness (QED) is 0.438. The van der Waals surface area contributed by atoms with Crippen molar-refractivity contribution in [3.8, 4) is 0 Å². The van der Waals surface area contributed by atoms with E-state index >= 15 is 0 Å². The predicted molar refractivity (Wildman–Crippen MR) is 85.3 cm³/mol. The fourth-order valence-electron chi connectivity index (χ4n) is 1.88. The molecule has 2 aromatic heterocycles. The molecule has 0 bridgehead atoms. The van der Waals surface area contributed by atoms with Crippen LogP contribution in [0.15, 0.2) is 40.3 Å². The van der Waals surface area contributed by atoms with Gasteiger partial charge in [0.15, 0.2) is 0 Å². The van der Waals surface area contributed by atoms with Crippen molar-refractivity contribution in [2.75, 3.05) is 5.43 Å². The molecule has 2 heterocycles. The van der Waals surface area contributed by atoms with Gasteiger partial charge in [0.2, 0.25) is 5.95 Å². The van der Waals surface area contributed by atoms with Crippen molar-refractivity contribution in [1.82, 2.24) is 9.97 Å².